The molecule has 3 rings (SSSR count). The monoisotopic (exact) mass is 418 g/mol. The molecule has 0 fully saturated rings. The van der Waals surface area contributed by atoms with Crippen LogP contribution in [0, 0.1) is 13.8 Å². The number of carbonyl (C=O) groups is 2. The molecule has 1 aliphatic heterocycles. The number of carbonyl (C=O) groups excluding carboxylic acids is 2. The van der Waals surface area contributed by atoms with Crippen LogP contribution in [0.3, 0.4) is 0 Å². The SMILES string of the molecule is CC1=CSC(=C(C(=O)/C=C/c2ccc(C)cc2)C(=O)/C=C/c2ccc(C)cc2)S1. The molecule has 0 spiro atoms. The van der Waals surface area contributed by atoms with E-state index < -0.39 is 0 Å². The normalized spacial score (nSPS) is 13.9. The van der Waals surface area contributed by atoms with Gasteiger partial charge in [-0.3, -0.25) is 9.59 Å². The molecule has 0 radical (unpaired) electrons. The minimum atomic E-state index is -0.276. The summed E-state index contributed by atoms with van der Waals surface area (Å²) >= 11 is 2.91. The second-order valence-electron chi connectivity index (χ2n) is 6.83. The van der Waals surface area contributed by atoms with E-state index in [-0.39, 0.29) is 17.1 Å². The standard InChI is InChI=1S/C25H22O2S2/c1-17-4-8-20(9-5-17)12-14-22(26)24(25-28-16-19(3)29-25)23(27)15-13-21-10-6-18(2)7-11-21/h4-16H,1-3H3/b14-12+,15-13+. The maximum absolute atomic E-state index is 12.9. The van der Waals surface area contributed by atoms with Gasteiger partial charge in [-0.2, -0.15) is 0 Å². The van der Waals surface area contributed by atoms with Gasteiger partial charge in [0.1, 0.15) is 0 Å². The molecule has 29 heavy (non-hydrogen) atoms. The van der Waals surface area contributed by atoms with Crippen LogP contribution in [-0.4, -0.2) is 11.6 Å². The molecule has 0 aromatic heterocycles. The quantitative estimate of drug-likeness (QED) is 0.296. The Bertz CT molecular complexity index is 968. The van der Waals surface area contributed by atoms with E-state index in [1.54, 1.807) is 12.2 Å². The molecular weight excluding hydrogens is 396 g/mol. The molecule has 0 aliphatic carbocycles. The third kappa shape index (κ3) is 5.96. The second kappa shape index (κ2) is 9.77. The Morgan fingerprint density at radius 2 is 1.17 bits per heavy atom. The average molecular weight is 419 g/mol. The highest BCUT2D eigenvalue weighted by Crippen LogP contribution is 2.45. The topological polar surface area (TPSA) is 34.1 Å². The molecule has 0 saturated carbocycles. The van der Waals surface area contributed by atoms with Gasteiger partial charge in [-0.1, -0.05) is 95.3 Å². The summed E-state index contributed by atoms with van der Waals surface area (Å²) in [5, 5.41) is 1.97. The van der Waals surface area contributed by atoms with E-state index in [1.807, 2.05) is 74.7 Å². The minimum Gasteiger partial charge on any atom is -0.289 e. The summed E-state index contributed by atoms with van der Waals surface area (Å²) in [6.07, 6.45) is 6.48. The van der Waals surface area contributed by atoms with Gasteiger partial charge in [0.25, 0.3) is 0 Å². The van der Waals surface area contributed by atoms with Crippen LogP contribution in [-0.2, 0) is 9.59 Å². The number of hydrogen-bond acceptors (Lipinski definition) is 4. The zero-order valence-corrected chi connectivity index (χ0v) is 18.3. The van der Waals surface area contributed by atoms with Crippen molar-refractivity contribution in [2.45, 2.75) is 20.8 Å². The van der Waals surface area contributed by atoms with Gasteiger partial charge in [0.15, 0.2) is 11.6 Å². The molecule has 1 heterocycles. The Kier molecular flexibility index (Phi) is 7.13. The van der Waals surface area contributed by atoms with Crippen molar-refractivity contribution in [3.05, 3.63) is 103 Å². The van der Waals surface area contributed by atoms with Gasteiger partial charge in [0.2, 0.25) is 0 Å². The van der Waals surface area contributed by atoms with Gasteiger partial charge in [-0.25, -0.2) is 0 Å². The van der Waals surface area contributed by atoms with E-state index >= 15 is 0 Å². The molecular formula is C25H22O2S2. The van der Waals surface area contributed by atoms with Crippen molar-refractivity contribution in [2.24, 2.45) is 0 Å². The van der Waals surface area contributed by atoms with E-state index in [0.29, 0.717) is 0 Å². The van der Waals surface area contributed by atoms with Gasteiger partial charge < -0.3 is 0 Å². The van der Waals surface area contributed by atoms with Crippen LogP contribution in [0.4, 0.5) is 0 Å². The maximum Gasteiger partial charge on any atom is 0.191 e. The fourth-order valence-electron chi connectivity index (χ4n) is 2.63. The van der Waals surface area contributed by atoms with Crippen molar-refractivity contribution in [1.29, 1.82) is 0 Å². The molecule has 146 valence electrons. The fraction of sp³-hybridized carbons (Fsp3) is 0.120. The molecule has 2 aromatic carbocycles. The summed E-state index contributed by atoms with van der Waals surface area (Å²) in [6, 6.07) is 15.8. The summed E-state index contributed by atoms with van der Waals surface area (Å²) in [7, 11) is 0. The number of hydrogen-bond donors (Lipinski definition) is 0. The highest BCUT2D eigenvalue weighted by molar-refractivity contribution is 8.28. The Labute approximate surface area is 180 Å². The molecule has 4 heteroatoms. The fourth-order valence-corrected chi connectivity index (χ4v) is 4.88. The van der Waals surface area contributed by atoms with E-state index in [9.17, 15) is 9.59 Å². The molecule has 0 unspecified atom stereocenters. The lowest BCUT2D eigenvalue weighted by Crippen LogP contribution is -2.10. The van der Waals surface area contributed by atoms with Crippen molar-refractivity contribution in [1.82, 2.24) is 0 Å². The minimum absolute atomic E-state index is 0.222. The van der Waals surface area contributed by atoms with Crippen molar-refractivity contribution in [2.75, 3.05) is 0 Å². The van der Waals surface area contributed by atoms with Gasteiger partial charge >= 0.3 is 0 Å². The van der Waals surface area contributed by atoms with Crippen LogP contribution in [0.15, 0.2) is 80.8 Å². The lowest BCUT2D eigenvalue weighted by molar-refractivity contribution is -0.116. The highest BCUT2D eigenvalue weighted by Gasteiger charge is 2.23. The average Bonchev–Trinajstić information content (AvgIpc) is 3.13. The second-order valence-corrected chi connectivity index (χ2v) is 9.22. The smallest absolute Gasteiger partial charge is 0.191 e. The van der Waals surface area contributed by atoms with E-state index in [0.717, 1.165) is 31.4 Å². The predicted molar refractivity (Wildman–Crippen MR) is 126 cm³/mol. The van der Waals surface area contributed by atoms with Gasteiger partial charge in [0, 0.05) is 0 Å². The number of thioether (sulfide) groups is 2. The summed E-state index contributed by atoms with van der Waals surface area (Å²) < 4.78 is 0.736. The van der Waals surface area contributed by atoms with Crippen molar-refractivity contribution >= 4 is 47.2 Å². The van der Waals surface area contributed by atoms with E-state index in [2.05, 4.69) is 0 Å². The maximum atomic E-state index is 12.9. The van der Waals surface area contributed by atoms with Crippen LogP contribution in [0.5, 0.6) is 0 Å². The summed E-state index contributed by atoms with van der Waals surface area (Å²) in [4.78, 5) is 26.9. The molecule has 0 saturated heterocycles. The lowest BCUT2D eigenvalue weighted by Gasteiger charge is -2.05. The first-order valence-electron chi connectivity index (χ1n) is 9.26. The van der Waals surface area contributed by atoms with Gasteiger partial charge in [0.05, 0.1) is 9.81 Å². The number of aryl methyl sites for hydroxylation is 2. The van der Waals surface area contributed by atoms with Crippen LogP contribution in [0.2, 0.25) is 0 Å². The summed E-state index contributed by atoms with van der Waals surface area (Å²) in [5.74, 6) is -0.551. The summed E-state index contributed by atoms with van der Waals surface area (Å²) in [6.45, 7) is 6.01. The number of ketones is 2. The molecule has 0 bridgehead atoms. The third-order valence-electron chi connectivity index (χ3n) is 4.29. The van der Waals surface area contributed by atoms with E-state index in [4.69, 9.17) is 0 Å². The molecule has 0 N–H and O–H groups in total. The molecule has 2 nitrogen and oxygen atoms in total. The molecule has 2 aromatic rings. The Balaban J connectivity index is 1.84. The molecule has 1 aliphatic rings. The number of rotatable bonds is 6. The van der Waals surface area contributed by atoms with Crippen molar-refractivity contribution in [3.8, 4) is 0 Å². The van der Waals surface area contributed by atoms with Crippen LogP contribution >= 0.6 is 23.5 Å². The number of benzene rings is 2. The third-order valence-corrected chi connectivity index (χ3v) is 6.70. The van der Waals surface area contributed by atoms with Crippen molar-refractivity contribution in [3.63, 3.8) is 0 Å². The molecule has 0 amide bonds. The molecule has 0 atom stereocenters. The van der Waals surface area contributed by atoms with Crippen LogP contribution in [0.25, 0.3) is 12.2 Å². The summed E-state index contributed by atoms with van der Waals surface area (Å²) in [5.41, 5.74) is 4.40. The lowest BCUT2D eigenvalue weighted by atomic mass is 10.0. The first-order valence-corrected chi connectivity index (χ1v) is 11.0. The van der Waals surface area contributed by atoms with Crippen molar-refractivity contribution < 1.29 is 9.59 Å². The van der Waals surface area contributed by atoms with E-state index in [1.165, 1.54) is 35.7 Å². The first-order chi connectivity index (χ1) is 13.9. The Morgan fingerprint density at radius 1 is 0.724 bits per heavy atom. The first kappa shape index (κ1) is 21.2. The van der Waals surface area contributed by atoms with Gasteiger partial charge in [-0.05, 0) is 54.4 Å². The Morgan fingerprint density at radius 3 is 1.55 bits per heavy atom. The highest BCUT2D eigenvalue weighted by atomic mass is 32.2. The van der Waals surface area contributed by atoms with Gasteiger partial charge in [-0.15, -0.1) is 0 Å². The van der Waals surface area contributed by atoms with Crippen LogP contribution < -0.4 is 0 Å². The number of allylic oxidation sites excluding steroid dienone is 4. The zero-order valence-electron chi connectivity index (χ0n) is 16.6. The largest absolute Gasteiger partial charge is 0.289 e. The Hall–Kier alpha value is -2.56. The van der Waals surface area contributed by atoms with Crippen LogP contribution in [0.1, 0.15) is 29.2 Å². The zero-order chi connectivity index (χ0) is 20.8. The predicted octanol–water partition coefficient (Wildman–Crippen LogP) is 6.72.